The molecule has 0 saturated carbocycles. The molecule has 1 amide bonds. The van der Waals surface area contributed by atoms with Gasteiger partial charge in [-0.15, -0.1) is 11.3 Å². The Kier molecular flexibility index (Phi) is 7.95. The summed E-state index contributed by atoms with van der Waals surface area (Å²) in [6.45, 7) is 1.45. The van der Waals surface area contributed by atoms with Crippen molar-refractivity contribution in [1.29, 1.82) is 0 Å². The minimum atomic E-state index is -0.529. The number of ether oxygens (including phenoxy) is 3. The number of aliphatic hydroxyl groups excluding tert-OH is 1. The molecule has 3 heterocycles. The zero-order valence-corrected chi connectivity index (χ0v) is 18.6. The second-order valence-electron chi connectivity index (χ2n) is 7.51. The van der Waals surface area contributed by atoms with Crippen LogP contribution in [0.15, 0.2) is 59.8 Å². The Bertz CT molecular complexity index is 1030. The molecule has 8 heteroatoms. The number of rotatable bonds is 11. The number of H-pyrrole nitrogens is 1. The molecule has 0 saturated heterocycles. The van der Waals surface area contributed by atoms with Crippen LogP contribution in [0.4, 0.5) is 0 Å². The maximum Gasteiger partial charge on any atom is 0.286 e. The first-order valence-electron chi connectivity index (χ1n) is 10.8. The van der Waals surface area contributed by atoms with Crippen molar-refractivity contribution in [2.75, 3.05) is 33.0 Å². The lowest BCUT2D eigenvalue weighted by molar-refractivity contribution is -0.151. The number of thiophene rings is 1. The monoisotopic (exact) mass is 456 g/mol. The standard InChI is InChI=1S/C24H28N2O5S/c27-9-10-29-11-12-30-23-15-18(22-6-3-13-32-22)14-21(31-23)24(28)25-8-7-17-16-26-20-5-2-1-4-19(17)20/h1-6,13-14,16,18,23,26-27H,7-12,15H2,(H,25,28)/t18-,23+/m0/s1. The van der Waals surface area contributed by atoms with Crippen LogP contribution in [0.25, 0.3) is 10.9 Å². The number of nitrogens with one attached hydrogen (secondary N) is 2. The number of amides is 1. The van der Waals surface area contributed by atoms with Gasteiger partial charge in [-0.05, 0) is 35.6 Å². The largest absolute Gasteiger partial charge is 0.459 e. The summed E-state index contributed by atoms with van der Waals surface area (Å²) >= 11 is 1.65. The minimum Gasteiger partial charge on any atom is -0.459 e. The molecule has 0 fully saturated rings. The first kappa shape index (κ1) is 22.5. The van der Waals surface area contributed by atoms with Crippen molar-refractivity contribution in [3.63, 3.8) is 0 Å². The second kappa shape index (κ2) is 11.3. The molecule has 4 rings (SSSR count). The van der Waals surface area contributed by atoms with E-state index >= 15 is 0 Å². The lowest BCUT2D eigenvalue weighted by atomic mass is 9.99. The Labute approximate surface area is 191 Å². The van der Waals surface area contributed by atoms with Crippen LogP contribution in [-0.2, 0) is 25.4 Å². The van der Waals surface area contributed by atoms with E-state index in [1.807, 2.05) is 41.9 Å². The van der Waals surface area contributed by atoms with Gasteiger partial charge in [0.25, 0.3) is 5.91 Å². The fraction of sp³-hybridized carbons (Fsp3) is 0.375. The van der Waals surface area contributed by atoms with E-state index in [0.29, 0.717) is 26.2 Å². The third-order valence-corrected chi connectivity index (χ3v) is 6.32. The highest BCUT2D eigenvalue weighted by molar-refractivity contribution is 7.10. The zero-order valence-electron chi connectivity index (χ0n) is 17.8. The number of aliphatic hydroxyl groups is 1. The van der Waals surface area contributed by atoms with Gasteiger partial charge in [0.1, 0.15) is 0 Å². The number of fused-ring (bicyclic) bond motifs is 1. The van der Waals surface area contributed by atoms with Gasteiger partial charge in [0, 0.05) is 40.9 Å². The highest BCUT2D eigenvalue weighted by Crippen LogP contribution is 2.33. The summed E-state index contributed by atoms with van der Waals surface area (Å²) in [4.78, 5) is 17.3. The van der Waals surface area contributed by atoms with Gasteiger partial charge in [-0.3, -0.25) is 4.79 Å². The van der Waals surface area contributed by atoms with Crippen LogP contribution >= 0.6 is 11.3 Å². The molecule has 1 aromatic carbocycles. The smallest absolute Gasteiger partial charge is 0.286 e. The molecule has 2 atom stereocenters. The normalized spacial score (nSPS) is 18.3. The second-order valence-corrected chi connectivity index (χ2v) is 8.49. The lowest BCUT2D eigenvalue weighted by Gasteiger charge is -2.28. The maximum absolute atomic E-state index is 12.8. The van der Waals surface area contributed by atoms with E-state index in [1.54, 1.807) is 11.3 Å². The zero-order chi connectivity index (χ0) is 22.2. The number of hydrogen-bond acceptors (Lipinski definition) is 6. The fourth-order valence-electron chi connectivity index (χ4n) is 3.76. The molecule has 0 bridgehead atoms. The minimum absolute atomic E-state index is 0.0218. The first-order valence-corrected chi connectivity index (χ1v) is 11.7. The predicted octanol–water partition coefficient (Wildman–Crippen LogP) is 3.33. The van der Waals surface area contributed by atoms with E-state index in [1.165, 1.54) is 15.8 Å². The molecule has 170 valence electrons. The number of benzene rings is 1. The molecule has 2 aromatic heterocycles. The van der Waals surface area contributed by atoms with Gasteiger partial charge in [0.15, 0.2) is 5.76 Å². The van der Waals surface area contributed by atoms with E-state index in [-0.39, 0.29) is 30.8 Å². The third-order valence-electron chi connectivity index (χ3n) is 5.31. The number of hydrogen-bond donors (Lipinski definition) is 3. The van der Waals surface area contributed by atoms with Crippen molar-refractivity contribution in [3.05, 3.63) is 70.3 Å². The molecule has 7 nitrogen and oxygen atoms in total. The average Bonchev–Trinajstić information content (AvgIpc) is 3.49. The van der Waals surface area contributed by atoms with E-state index in [4.69, 9.17) is 19.3 Å². The summed E-state index contributed by atoms with van der Waals surface area (Å²) in [5.74, 6) is 0.104. The number of para-hydroxylation sites is 1. The van der Waals surface area contributed by atoms with Crippen molar-refractivity contribution < 1.29 is 24.1 Å². The van der Waals surface area contributed by atoms with Gasteiger partial charge in [-0.25, -0.2) is 0 Å². The predicted molar refractivity (Wildman–Crippen MR) is 124 cm³/mol. The van der Waals surface area contributed by atoms with Crippen LogP contribution in [0, 0.1) is 0 Å². The highest BCUT2D eigenvalue weighted by Gasteiger charge is 2.29. The summed E-state index contributed by atoms with van der Waals surface area (Å²) in [7, 11) is 0. The molecule has 1 aliphatic rings. The van der Waals surface area contributed by atoms with Gasteiger partial charge < -0.3 is 29.6 Å². The number of allylic oxidation sites excluding steroid dienone is 1. The average molecular weight is 457 g/mol. The molecule has 0 unspecified atom stereocenters. The number of carbonyl (C=O) groups is 1. The third kappa shape index (κ3) is 5.77. The lowest BCUT2D eigenvalue weighted by Crippen LogP contribution is -2.34. The molecule has 3 aromatic rings. The Morgan fingerprint density at radius 2 is 2.12 bits per heavy atom. The van der Waals surface area contributed by atoms with Crippen molar-refractivity contribution in [2.45, 2.75) is 25.0 Å². The summed E-state index contributed by atoms with van der Waals surface area (Å²) in [6, 6.07) is 12.2. The van der Waals surface area contributed by atoms with E-state index < -0.39 is 6.29 Å². The van der Waals surface area contributed by atoms with Gasteiger partial charge in [0.05, 0.1) is 26.4 Å². The molecule has 1 aliphatic heterocycles. The topological polar surface area (TPSA) is 92.8 Å². The van der Waals surface area contributed by atoms with E-state index in [0.717, 1.165) is 11.9 Å². The van der Waals surface area contributed by atoms with Crippen LogP contribution in [0.1, 0.15) is 22.8 Å². The summed E-state index contributed by atoms with van der Waals surface area (Å²) in [6.07, 6.45) is 4.70. The van der Waals surface area contributed by atoms with Crippen LogP contribution in [0.3, 0.4) is 0 Å². The molecular formula is C24H28N2O5S. The molecule has 0 aliphatic carbocycles. The van der Waals surface area contributed by atoms with Crippen molar-refractivity contribution in [3.8, 4) is 0 Å². The van der Waals surface area contributed by atoms with E-state index in [2.05, 4.69) is 22.4 Å². The Hall–Kier alpha value is -2.65. The van der Waals surface area contributed by atoms with Gasteiger partial charge in [0.2, 0.25) is 6.29 Å². The van der Waals surface area contributed by atoms with Gasteiger partial charge in [-0.2, -0.15) is 0 Å². The Balaban J connectivity index is 1.35. The van der Waals surface area contributed by atoms with Crippen LogP contribution in [-0.4, -0.2) is 55.3 Å². The van der Waals surface area contributed by atoms with Crippen molar-refractivity contribution in [2.24, 2.45) is 0 Å². The number of aromatic nitrogens is 1. The van der Waals surface area contributed by atoms with Crippen molar-refractivity contribution >= 4 is 28.1 Å². The maximum atomic E-state index is 12.8. The summed E-state index contributed by atoms with van der Waals surface area (Å²) < 4.78 is 16.9. The first-order chi connectivity index (χ1) is 15.7. The quantitative estimate of drug-likeness (QED) is 0.385. The van der Waals surface area contributed by atoms with Crippen molar-refractivity contribution in [1.82, 2.24) is 10.3 Å². The Morgan fingerprint density at radius 1 is 1.22 bits per heavy atom. The van der Waals surface area contributed by atoms with Crippen LogP contribution in [0.5, 0.6) is 0 Å². The van der Waals surface area contributed by atoms with Gasteiger partial charge in [-0.1, -0.05) is 24.3 Å². The summed E-state index contributed by atoms with van der Waals surface area (Å²) in [5.41, 5.74) is 2.26. The molecule has 3 N–H and O–H groups in total. The van der Waals surface area contributed by atoms with E-state index in [9.17, 15) is 4.79 Å². The molecular weight excluding hydrogens is 428 g/mol. The number of aromatic amines is 1. The molecule has 32 heavy (non-hydrogen) atoms. The van der Waals surface area contributed by atoms with Crippen LogP contribution < -0.4 is 5.32 Å². The number of carbonyl (C=O) groups excluding carboxylic acids is 1. The SMILES string of the molecule is O=C(NCCc1c[nH]c2ccccc12)C1=C[C@H](c2cccs2)C[C@H](OCCOCCO)O1. The molecule has 0 spiro atoms. The van der Waals surface area contributed by atoms with Gasteiger partial charge >= 0.3 is 0 Å². The Morgan fingerprint density at radius 3 is 2.97 bits per heavy atom. The molecule has 0 radical (unpaired) electrons. The van der Waals surface area contributed by atoms with Crippen LogP contribution in [0.2, 0.25) is 0 Å². The fourth-order valence-corrected chi connectivity index (χ4v) is 4.57. The highest BCUT2D eigenvalue weighted by atomic mass is 32.1. The summed E-state index contributed by atoms with van der Waals surface area (Å²) in [5, 5.41) is 15.0.